The van der Waals surface area contributed by atoms with Crippen LogP contribution in [-0.4, -0.2) is 47.4 Å². The zero-order chi connectivity index (χ0) is 11.4. The van der Waals surface area contributed by atoms with Crippen molar-refractivity contribution in [2.45, 2.75) is 13.3 Å². The van der Waals surface area contributed by atoms with Crippen molar-refractivity contribution in [1.29, 1.82) is 0 Å². The molecule has 0 aromatic rings. The van der Waals surface area contributed by atoms with Crippen molar-refractivity contribution in [3.63, 3.8) is 0 Å². The molecular formula is C9H14N2O4. The monoisotopic (exact) mass is 214 g/mol. The highest BCUT2D eigenvalue weighted by atomic mass is 16.4. The van der Waals surface area contributed by atoms with Crippen molar-refractivity contribution in [3.05, 3.63) is 0 Å². The molecule has 0 radical (unpaired) electrons. The van der Waals surface area contributed by atoms with E-state index >= 15 is 0 Å². The lowest BCUT2D eigenvalue weighted by Crippen LogP contribution is -2.34. The molecule has 84 valence electrons. The van der Waals surface area contributed by atoms with E-state index in [-0.39, 0.29) is 31.3 Å². The molecule has 0 aliphatic carbocycles. The smallest absolute Gasteiger partial charge is 0.323 e. The molecule has 1 aliphatic heterocycles. The first kappa shape index (κ1) is 11.5. The summed E-state index contributed by atoms with van der Waals surface area (Å²) in [6.45, 7) is 2.19. The van der Waals surface area contributed by atoms with Gasteiger partial charge in [0.1, 0.15) is 6.54 Å². The van der Waals surface area contributed by atoms with Crippen LogP contribution < -0.4 is 5.32 Å². The lowest BCUT2D eigenvalue weighted by atomic mass is 10.1. The number of nitrogens with zero attached hydrogens (tertiary/aromatic N) is 1. The van der Waals surface area contributed by atoms with Gasteiger partial charge in [-0.25, -0.2) is 0 Å². The van der Waals surface area contributed by atoms with Crippen LogP contribution >= 0.6 is 0 Å². The molecule has 6 nitrogen and oxygen atoms in total. The molecule has 1 unspecified atom stereocenters. The molecule has 6 heteroatoms. The summed E-state index contributed by atoms with van der Waals surface area (Å²) in [7, 11) is 0. The summed E-state index contributed by atoms with van der Waals surface area (Å²) >= 11 is 0. The summed E-state index contributed by atoms with van der Waals surface area (Å²) in [6.07, 6.45) is 0.110. The van der Waals surface area contributed by atoms with Crippen molar-refractivity contribution < 1.29 is 19.5 Å². The Morgan fingerprint density at radius 3 is 2.80 bits per heavy atom. The molecule has 1 rings (SSSR count). The Morgan fingerprint density at radius 2 is 2.27 bits per heavy atom. The molecule has 1 aliphatic rings. The van der Waals surface area contributed by atoms with Crippen LogP contribution in [0.15, 0.2) is 0 Å². The Labute approximate surface area is 87.2 Å². The standard InChI is InChI=1S/C9H14N2O4/c1-2-10-9(15)6-3-7(12)11(4-6)5-8(13)14/h6H,2-5H2,1H3,(H,10,15)(H,13,14). The van der Waals surface area contributed by atoms with Gasteiger partial charge in [-0.1, -0.05) is 0 Å². The molecular weight excluding hydrogens is 200 g/mol. The van der Waals surface area contributed by atoms with Crippen molar-refractivity contribution in [1.82, 2.24) is 10.2 Å². The minimum atomic E-state index is -1.06. The quantitative estimate of drug-likeness (QED) is 0.632. The van der Waals surface area contributed by atoms with Gasteiger partial charge in [0.25, 0.3) is 0 Å². The second-order valence-corrected chi connectivity index (χ2v) is 3.46. The average Bonchev–Trinajstić information content (AvgIpc) is 2.47. The zero-order valence-corrected chi connectivity index (χ0v) is 8.52. The summed E-state index contributed by atoms with van der Waals surface area (Å²) in [6, 6.07) is 0. The summed E-state index contributed by atoms with van der Waals surface area (Å²) < 4.78 is 0. The first-order valence-electron chi connectivity index (χ1n) is 4.81. The Balaban J connectivity index is 2.51. The van der Waals surface area contributed by atoms with E-state index in [4.69, 9.17) is 5.11 Å². The maximum atomic E-state index is 11.4. The van der Waals surface area contributed by atoms with Crippen LogP contribution in [0.25, 0.3) is 0 Å². The number of carbonyl (C=O) groups is 3. The van der Waals surface area contributed by atoms with Gasteiger partial charge in [0, 0.05) is 19.5 Å². The van der Waals surface area contributed by atoms with E-state index in [1.807, 2.05) is 0 Å². The third kappa shape index (κ3) is 2.93. The van der Waals surface area contributed by atoms with E-state index in [0.29, 0.717) is 6.54 Å². The second-order valence-electron chi connectivity index (χ2n) is 3.46. The first-order chi connectivity index (χ1) is 7.04. The van der Waals surface area contributed by atoms with Crippen LogP contribution in [0, 0.1) is 5.92 Å². The molecule has 0 saturated carbocycles. The molecule has 15 heavy (non-hydrogen) atoms. The van der Waals surface area contributed by atoms with Crippen LogP contribution in [0.1, 0.15) is 13.3 Å². The van der Waals surface area contributed by atoms with Crippen LogP contribution in [0.5, 0.6) is 0 Å². The van der Waals surface area contributed by atoms with Gasteiger partial charge >= 0.3 is 5.97 Å². The predicted molar refractivity (Wildman–Crippen MR) is 51.0 cm³/mol. The largest absolute Gasteiger partial charge is 0.480 e. The topological polar surface area (TPSA) is 86.7 Å². The minimum Gasteiger partial charge on any atom is -0.480 e. The van der Waals surface area contributed by atoms with Crippen molar-refractivity contribution in [2.24, 2.45) is 5.92 Å². The van der Waals surface area contributed by atoms with Crippen molar-refractivity contribution in [2.75, 3.05) is 19.6 Å². The normalized spacial score (nSPS) is 20.5. The number of hydrogen-bond acceptors (Lipinski definition) is 3. The van der Waals surface area contributed by atoms with Crippen LogP contribution in [-0.2, 0) is 14.4 Å². The van der Waals surface area contributed by atoms with Crippen LogP contribution in [0.2, 0.25) is 0 Å². The van der Waals surface area contributed by atoms with Gasteiger partial charge in [0.05, 0.1) is 5.92 Å². The fraction of sp³-hybridized carbons (Fsp3) is 0.667. The number of carboxylic acids is 1. The molecule has 1 saturated heterocycles. The van der Waals surface area contributed by atoms with E-state index in [1.165, 1.54) is 4.90 Å². The number of nitrogens with one attached hydrogen (secondary N) is 1. The SMILES string of the molecule is CCNC(=O)C1CC(=O)N(CC(=O)O)C1. The van der Waals surface area contributed by atoms with Gasteiger partial charge in [-0.3, -0.25) is 14.4 Å². The third-order valence-corrected chi connectivity index (χ3v) is 2.26. The lowest BCUT2D eigenvalue weighted by Gasteiger charge is -2.13. The van der Waals surface area contributed by atoms with Gasteiger partial charge in [-0.2, -0.15) is 0 Å². The molecule has 0 aromatic heterocycles. The van der Waals surface area contributed by atoms with Gasteiger partial charge in [-0.05, 0) is 6.92 Å². The highest BCUT2D eigenvalue weighted by molar-refractivity contribution is 5.90. The van der Waals surface area contributed by atoms with E-state index < -0.39 is 11.9 Å². The summed E-state index contributed by atoms with van der Waals surface area (Å²) in [5.41, 5.74) is 0. The van der Waals surface area contributed by atoms with E-state index in [9.17, 15) is 14.4 Å². The Kier molecular flexibility index (Phi) is 3.65. The number of likely N-dealkylation sites (tertiary alicyclic amines) is 1. The number of amides is 2. The van der Waals surface area contributed by atoms with Gasteiger partial charge < -0.3 is 15.3 Å². The Hall–Kier alpha value is -1.59. The minimum absolute atomic E-state index is 0.110. The number of carboxylic acid groups (broad SMARTS) is 1. The lowest BCUT2D eigenvalue weighted by molar-refractivity contribution is -0.142. The van der Waals surface area contributed by atoms with E-state index in [1.54, 1.807) is 6.92 Å². The Morgan fingerprint density at radius 1 is 1.60 bits per heavy atom. The average molecular weight is 214 g/mol. The van der Waals surface area contributed by atoms with Crippen LogP contribution in [0.4, 0.5) is 0 Å². The number of carbonyl (C=O) groups excluding carboxylic acids is 2. The summed E-state index contributed by atoms with van der Waals surface area (Å²) in [5.74, 6) is -1.91. The van der Waals surface area contributed by atoms with Crippen molar-refractivity contribution >= 4 is 17.8 Å². The van der Waals surface area contributed by atoms with Crippen LogP contribution in [0.3, 0.4) is 0 Å². The zero-order valence-electron chi connectivity index (χ0n) is 8.52. The molecule has 2 amide bonds. The fourth-order valence-electron chi connectivity index (χ4n) is 1.58. The Bertz CT molecular complexity index is 290. The summed E-state index contributed by atoms with van der Waals surface area (Å²) in [5, 5.41) is 11.1. The number of rotatable bonds is 4. The highest BCUT2D eigenvalue weighted by Gasteiger charge is 2.34. The fourth-order valence-corrected chi connectivity index (χ4v) is 1.58. The predicted octanol–water partition coefficient (Wildman–Crippen LogP) is -0.944. The molecule has 0 aromatic carbocycles. The first-order valence-corrected chi connectivity index (χ1v) is 4.81. The molecule has 2 N–H and O–H groups in total. The van der Waals surface area contributed by atoms with E-state index in [0.717, 1.165) is 0 Å². The number of hydrogen-bond donors (Lipinski definition) is 2. The maximum absolute atomic E-state index is 11.4. The number of aliphatic carboxylic acids is 1. The van der Waals surface area contributed by atoms with Gasteiger partial charge in [0.15, 0.2) is 0 Å². The van der Waals surface area contributed by atoms with Gasteiger partial charge in [-0.15, -0.1) is 0 Å². The summed E-state index contributed by atoms with van der Waals surface area (Å²) in [4.78, 5) is 34.3. The van der Waals surface area contributed by atoms with Gasteiger partial charge in [0.2, 0.25) is 11.8 Å². The molecule has 0 bridgehead atoms. The molecule has 0 spiro atoms. The molecule has 1 fully saturated rings. The van der Waals surface area contributed by atoms with Crippen molar-refractivity contribution in [3.8, 4) is 0 Å². The molecule has 1 heterocycles. The van der Waals surface area contributed by atoms with E-state index in [2.05, 4.69) is 5.32 Å². The highest BCUT2D eigenvalue weighted by Crippen LogP contribution is 2.17. The third-order valence-electron chi connectivity index (χ3n) is 2.26. The molecule has 1 atom stereocenters. The maximum Gasteiger partial charge on any atom is 0.323 e. The second kappa shape index (κ2) is 4.77.